The smallest absolute Gasteiger partial charge is 0.151 e. The Morgan fingerprint density at radius 2 is 2.22 bits per heavy atom. The number of allylic oxidation sites excluding steroid dienone is 1. The summed E-state index contributed by atoms with van der Waals surface area (Å²) in [7, 11) is 0. The molecule has 0 saturated heterocycles. The van der Waals surface area contributed by atoms with Crippen molar-refractivity contribution in [1.29, 1.82) is 0 Å². The zero-order valence-corrected chi connectivity index (χ0v) is 13.8. The Kier molecular flexibility index (Phi) is 4.81. The lowest BCUT2D eigenvalue weighted by Crippen LogP contribution is -2.13. The van der Waals surface area contributed by atoms with E-state index in [-0.39, 0.29) is 0 Å². The molecule has 0 aliphatic heterocycles. The number of nitrogens with one attached hydrogen (secondary N) is 1. The van der Waals surface area contributed by atoms with E-state index < -0.39 is 0 Å². The molecule has 0 saturated carbocycles. The summed E-state index contributed by atoms with van der Waals surface area (Å²) < 4.78 is 2.23. The number of hydrogen-bond acceptors (Lipinski definition) is 5. The molecular weight excluding hydrogens is 290 g/mol. The maximum absolute atomic E-state index is 6.09. The molecule has 1 aliphatic rings. The van der Waals surface area contributed by atoms with Crippen LogP contribution >= 0.6 is 0 Å². The lowest BCUT2D eigenvalue weighted by Gasteiger charge is -2.17. The van der Waals surface area contributed by atoms with Crippen LogP contribution in [0, 0.1) is 0 Å². The highest BCUT2D eigenvalue weighted by atomic mass is 16.6. The summed E-state index contributed by atoms with van der Waals surface area (Å²) in [5, 5.41) is 0. The van der Waals surface area contributed by atoms with Crippen LogP contribution in [0.4, 0.5) is 5.82 Å². The topological polar surface area (TPSA) is 78.0 Å². The predicted molar refractivity (Wildman–Crippen MR) is 91.7 cm³/mol. The van der Waals surface area contributed by atoms with Gasteiger partial charge in [-0.15, -0.1) is 0 Å². The summed E-state index contributed by atoms with van der Waals surface area (Å²) in [5.74, 6) is 0.563. The molecule has 0 spiro atoms. The van der Waals surface area contributed by atoms with Gasteiger partial charge in [0.25, 0.3) is 0 Å². The van der Waals surface area contributed by atoms with Gasteiger partial charge in [0.1, 0.15) is 5.52 Å². The molecule has 6 heteroatoms. The molecule has 2 aromatic rings. The Labute approximate surface area is 136 Å². The molecule has 0 fully saturated rings. The van der Waals surface area contributed by atoms with E-state index in [0.717, 1.165) is 49.1 Å². The molecule has 0 atom stereocenters. The fourth-order valence-corrected chi connectivity index (χ4v) is 3.15. The standard InChI is InChI=1S/C17H25N5O/c1-12(2)21-23-10-6-5-9-22-11-19-15-16(22)13-7-3-4-8-14(13)20-17(15)18/h11,21H,1,3-10H2,2H3,(H2,18,20). The number of rotatable bonds is 7. The molecule has 2 aromatic heterocycles. The quantitative estimate of drug-likeness (QED) is 0.607. The lowest BCUT2D eigenvalue weighted by molar-refractivity contribution is 0.0600. The first-order chi connectivity index (χ1) is 11.2. The fraction of sp³-hybridized carbons (Fsp3) is 0.529. The van der Waals surface area contributed by atoms with Crippen molar-refractivity contribution < 1.29 is 4.84 Å². The molecule has 0 aromatic carbocycles. The number of unbranched alkanes of at least 4 members (excludes halogenated alkanes) is 1. The van der Waals surface area contributed by atoms with Gasteiger partial charge < -0.3 is 10.3 Å². The van der Waals surface area contributed by atoms with Gasteiger partial charge in [0.05, 0.1) is 18.5 Å². The van der Waals surface area contributed by atoms with Crippen molar-refractivity contribution in [3.05, 3.63) is 29.9 Å². The molecule has 23 heavy (non-hydrogen) atoms. The maximum atomic E-state index is 6.09. The Morgan fingerprint density at radius 3 is 3.04 bits per heavy atom. The first kappa shape index (κ1) is 15.8. The summed E-state index contributed by atoms with van der Waals surface area (Å²) in [6.45, 7) is 7.19. The highest BCUT2D eigenvalue weighted by Crippen LogP contribution is 2.30. The summed E-state index contributed by atoms with van der Waals surface area (Å²) in [4.78, 5) is 14.3. The van der Waals surface area contributed by atoms with Crippen molar-refractivity contribution in [2.24, 2.45) is 0 Å². The average molecular weight is 315 g/mol. The van der Waals surface area contributed by atoms with Gasteiger partial charge in [-0.2, -0.15) is 0 Å². The van der Waals surface area contributed by atoms with E-state index in [1.54, 1.807) is 0 Å². The van der Waals surface area contributed by atoms with Crippen LogP contribution in [0.5, 0.6) is 0 Å². The van der Waals surface area contributed by atoms with Crippen molar-refractivity contribution in [1.82, 2.24) is 20.0 Å². The van der Waals surface area contributed by atoms with E-state index in [9.17, 15) is 0 Å². The maximum Gasteiger partial charge on any atom is 0.151 e. The van der Waals surface area contributed by atoms with E-state index >= 15 is 0 Å². The van der Waals surface area contributed by atoms with Gasteiger partial charge in [-0.1, -0.05) is 6.58 Å². The zero-order chi connectivity index (χ0) is 16.2. The average Bonchev–Trinajstić information content (AvgIpc) is 2.95. The predicted octanol–water partition coefficient (Wildman–Crippen LogP) is 2.73. The van der Waals surface area contributed by atoms with E-state index in [1.807, 2.05) is 13.3 Å². The third-order valence-corrected chi connectivity index (χ3v) is 4.20. The number of anilines is 1. The highest BCUT2D eigenvalue weighted by molar-refractivity contribution is 5.88. The number of nitrogen functional groups attached to an aromatic ring is 1. The number of nitrogens with zero attached hydrogens (tertiary/aromatic N) is 3. The van der Waals surface area contributed by atoms with Crippen LogP contribution in [0.25, 0.3) is 11.0 Å². The largest absolute Gasteiger partial charge is 0.382 e. The minimum absolute atomic E-state index is 0.563. The number of hydroxylamine groups is 1. The number of aryl methyl sites for hydroxylation is 3. The second kappa shape index (κ2) is 7.00. The SMILES string of the molecule is C=C(C)NOCCCCn1cnc2c(N)nc3c(c21)CCCC3. The normalized spacial score (nSPS) is 14.0. The number of nitrogens with two attached hydrogens (primary N) is 1. The van der Waals surface area contributed by atoms with Crippen LogP contribution < -0.4 is 11.2 Å². The van der Waals surface area contributed by atoms with E-state index in [0.29, 0.717) is 12.4 Å². The Hall–Kier alpha value is -2.08. The third-order valence-electron chi connectivity index (χ3n) is 4.20. The summed E-state index contributed by atoms with van der Waals surface area (Å²) in [5.41, 5.74) is 14.2. The van der Waals surface area contributed by atoms with E-state index in [2.05, 4.69) is 26.6 Å². The van der Waals surface area contributed by atoms with Crippen LogP contribution in [0.2, 0.25) is 0 Å². The van der Waals surface area contributed by atoms with Crippen molar-refractivity contribution in [3.63, 3.8) is 0 Å². The number of fused-ring (bicyclic) bond motifs is 3. The van der Waals surface area contributed by atoms with Crippen molar-refractivity contribution >= 4 is 16.9 Å². The summed E-state index contributed by atoms with van der Waals surface area (Å²) >= 11 is 0. The van der Waals surface area contributed by atoms with Gasteiger partial charge in [0.2, 0.25) is 0 Å². The minimum atomic E-state index is 0.563. The van der Waals surface area contributed by atoms with Crippen LogP contribution in [0.1, 0.15) is 43.9 Å². The monoisotopic (exact) mass is 315 g/mol. The van der Waals surface area contributed by atoms with Crippen LogP contribution in [0.15, 0.2) is 18.6 Å². The molecule has 1 aliphatic carbocycles. The second-order valence-corrected chi connectivity index (χ2v) is 6.20. The number of imidazole rings is 1. The van der Waals surface area contributed by atoms with Crippen LogP contribution in [-0.2, 0) is 24.2 Å². The Bertz CT molecular complexity index is 707. The summed E-state index contributed by atoms with van der Waals surface area (Å²) in [6.07, 6.45) is 8.43. The fourth-order valence-electron chi connectivity index (χ4n) is 3.15. The number of aromatic nitrogens is 3. The van der Waals surface area contributed by atoms with Gasteiger partial charge in [-0.25, -0.2) is 9.97 Å². The molecule has 3 rings (SSSR count). The van der Waals surface area contributed by atoms with E-state index in [4.69, 9.17) is 10.6 Å². The van der Waals surface area contributed by atoms with Crippen LogP contribution in [0.3, 0.4) is 0 Å². The van der Waals surface area contributed by atoms with Gasteiger partial charge in [-0.05, 0) is 51.0 Å². The van der Waals surface area contributed by atoms with Crippen molar-refractivity contribution in [3.8, 4) is 0 Å². The first-order valence-electron chi connectivity index (χ1n) is 8.32. The van der Waals surface area contributed by atoms with E-state index in [1.165, 1.54) is 23.9 Å². The second-order valence-electron chi connectivity index (χ2n) is 6.20. The minimum Gasteiger partial charge on any atom is -0.382 e. The highest BCUT2D eigenvalue weighted by Gasteiger charge is 2.19. The Balaban J connectivity index is 1.69. The van der Waals surface area contributed by atoms with Gasteiger partial charge in [0.15, 0.2) is 5.82 Å². The van der Waals surface area contributed by atoms with Crippen LogP contribution in [-0.4, -0.2) is 21.1 Å². The van der Waals surface area contributed by atoms with Crippen molar-refractivity contribution in [2.75, 3.05) is 12.3 Å². The molecule has 0 radical (unpaired) electrons. The summed E-state index contributed by atoms with van der Waals surface area (Å²) in [6, 6.07) is 0. The van der Waals surface area contributed by atoms with Crippen molar-refractivity contribution in [2.45, 2.75) is 52.0 Å². The first-order valence-corrected chi connectivity index (χ1v) is 8.32. The molecular formula is C17H25N5O. The number of pyridine rings is 1. The molecule has 6 nitrogen and oxygen atoms in total. The van der Waals surface area contributed by atoms with Gasteiger partial charge in [0, 0.05) is 17.9 Å². The van der Waals surface area contributed by atoms with Gasteiger partial charge in [-0.3, -0.25) is 10.3 Å². The molecule has 3 N–H and O–H groups in total. The Morgan fingerprint density at radius 1 is 1.39 bits per heavy atom. The number of hydrogen-bond donors (Lipinski definition) is 2. The molecule has 0 amide bonds. The molecule has 0 unspecified atom stereocenters. The zero-order valence-electron chi connectivity index (χ0n) is 13.8. The van der Waals surface area contributed by atoms with Gasteiger partial charge >= 0.3 is 0 Å². The molecule has 2 heterocycles. The molecule has 124 valence electrons. The molecule has 0 bridgehead atoms. The third kappa shape index (κ3) is 3.47. The lowest BCUT2D eigenvalue weighted by atomic mass is 9.95.